The van der Waals surface area contributed by atoms with E-state index in [1.807, 2.05) is 53.4 Å². The molecule has 4 rings (SSSR count). The molecule has 0 unspecified atom stereocenters. The number of likely N-dealkylation sites (tertiary alicyclic amines) is 1. The van der Waals surface area contributed by atoms with E-state index in [0.29, 0.717) is 23.9 Å². The van der Waals surface area contributed by atoms with Crippen molar-refractivity contribution in [3.63, 3.8) is 0 Å². The number of carbonyl (C=O) groups excluding carboxylic acids is 3. The highest BCUT2D eigenvalue weighted by Crippen LogP contribution is 2.23. The van der Waals surface area contributed by atoms with Gasteiger partial charge < -0.3 is 19.5 Å². The van der Waals surface area contributed by atoms with Crippen molar-refractivity contribution in [3.05, 3.63) is 65.9 Å². The van der Waals surface area contributed by atoms with Crippen molar-refractivity contribution in [2.24, 2.45) is 0 Å². The summed E-state index contributed by atoms with van der Waals surface area (Å²) in [6, 6.07) is 15.0. The van der Waals surface area contributed by atoms with Gasteiger partial charge >= 0.3 is 0 Å². The minimum Gasteiger partial charge on any atom is -0.496 e. The smallest absolute Gasteiger partial charge is 0.292 e. The minimum atomic E-state index is -0.656. The molecule has 1 N–H and O–H groups in total. The molecule has 0 radical (unpaired) electrons. The highest BCUT2D eigenvalue weighted by atomic mass is 16.5. The Morgan fingerprint density at radius 2 is 1.65 bits per heavy atom. The number of ketones is 1. The number of para-hydroxylation sites is 2. The van der Waals surface area contributed by atoms with Crippen molar-refractivity contribution >= 4 is 28.5 Å². The van der Waals surface area contributed by atoms with Crippen LogP contribution in [0.5, 0.6) is 5.75 Å². The molecule has 0 aliphatic carbocycles. The summed E-state index contributed by atoms with van der Waals surface area (Å²) in [7, 11) is 1.61. The standard InChI is InChI=1S/C27H31N3O4/c1-34-24-13-7-4-10-20(24)14-15-28-27(33)26(32)22-18-30(23-12-6-5-11-21(22)23)19-25(31)29-16-8-2-3-9-17-29/h4-7,10-13,18H,2-3,8-9,14-17,19H2,1H3,(H,28,33). The predicted molar refractivity (Wildman–Crippen MR) is 131 cm³/mol. The Morgan fingerprint density at radius 1 is 0.941 bits per heavy atom. The van der Waals surface area contributed by atoms with Crippen LogP contribution in [-0.4, -0.2) is 53.8 Å². The second-order valence-corrected chi connectivity index (χ2v) is 8.63. The molecule has 34 heavy (non-hydrogen) atoms. The minimum absolute atomic E-state index is 0.0444. The topological polar surface area (TPSA) is 80.6 Å². The first kappa shape index (κ1) is 23.5. The SMILES string of the molecule is COc1ccccc1CCNC(=O)C(=O)c1cn(CC(=O)N2CCCCCC2)c2ccccc12. The largest absolute Gasteiger partial charge is 0.496 e. The lowest BCUT2D eigenvalue weighted by Gasteiger charge is -2.20. The quantitative estimate of drug-likeness (QED) is 0.411. The molecule has 0 saturated carbocycles. The number of amides is 2. The van der Waals surface area contributed by atoms with Gasteiger partial charge in [0.25, 0.3) is 11.7 Å². The Bertz CT molecular complexity index is 1180. The maximum atomic E-state index is 13.0. The fourth-order valence-electron chi connectivity index (χ4n) is 4.55. The number of methoxy groups -OCH3 is 1. The van der Waals surface area contributed by atoms with Gasteiger partial charge in [0, 0.05) is 36.7 Å². The van der Waals surface area contributed by atoms with Crippen LogP contribution in [0.25, 0.3) is 10.9 Å². The third-order valence-electron chi connectivity index (χ3n) is 6.38. The molecular formula is C27H31N3O4. The Labute approximate surface area is 199 Å². The van der Waals surface area contributed by atoms with E-state index in [0.717, 1.165) is 55.6 Å². The zero-order valence-corrected chi connectivity index (χ0v) is 19.6. The number of nitrogens with one attached hydrogen (secondary N) is 1. The number of ether oxygens (including phenoxy) is 1. The maximum Gasteiger partial charge on any atom is 0.292 e. The van der Waals surface area contributed by atoms with E-state index in [1.165, 1.54) is 0 Å². The van der Waals surface area contributed by atoms with E-state index in [-0.39, 0.29) is 12.5 Å². The molecule has 0 bridgehead atoms. The van der Waals surface area contributed by atoms with Gasteiger partial charge in [0.05, 0.1) is 12.7 Å². The molecule has 1 aromatic heterocycles. The summed E-state index contributed by atoms with van der Waals surface area (Å²) in [5, 5.41) is 3.40. The average Bonchev–Trinajstić information content (AvgIpc) is 3.02. The molecule has 3 aromatic rings. The van der Waals surface area contributed by atoms with Crippen LogP contribution < -0.4 is 10.1 Å². The van der Waals surface area contributed by atoms with Crippen molar-refractivity contribution < 1.29 is 19.1 Å². The van der Waals surface area contributed by atoms with Crippen LogP contribution in [0.3, 0.4) is 0 Å². The van der Waals surface area contributed by atoms with Gasteiger partial charge in [-0.15, -0.1) is 0 Å². The number of Topliss-reactive ketones (excluding diaryl/α,β-unsaturated/α-hetero) is 1. The average molecular weight is 462 g/mol. The van der Waals surface area contributed by atoms with Crippen LogP contribution in [0, 0.1) is 0 Å². The molecular weight excluding hydrogens is 430 g/mol. The van der Waals surface area contributed by atoms with E-state index in [9.17, 15) is 14.4 Å². The van der Waals surface area contributed by atoms with Gasteiger partial charge in [0.15, 0.2) is 0 Å². The Hall–Kier alpha value is -3.61. The molecule has 1 aliphatic heterocycles. The van der Waals surface area contributed by atoms with Crippen molar-refractivity contribution in [3.8, 4) is 5.75 Å². The molecule has 1 fully saturated rings. The molecule has 7 nitrogen and oxygen atoms in total. The highest BCUT2D eigenvalue weighted by Gasteiger charge is 2.23. The lowest BCUT2D eigenvalue weighted by Crippen LogP contribution is -2.34. The van der Waals surface area contributed by atoms with E-state index in [1.54, 1.807) is 17.9 Å². The molecule has 7 heteroatoms. The Balaban J connectivity index is 1.46. The molecule has 0 atom stereocenters. The number of benzene rings is 2. The Morgan fingerprint density at radius 3 is 2.41 bits per heavy atom. The molecule has 2 heterocycles. The van der Waals surface area contributed by atoms with E-state index in [2.05, 4.69) is 5.32 Å². The normalized spacial score (nSPS) is 14.0. The molecule has 0 spiro atoms. The van der Waals surface area contributed by atoms with Crippen molar-refractivity contribution in [2.75, 3.05) is 26.7 Å². The van der Waals surface area contributed by atoms with Gasteiger partial charge in [0.2, 0.25) is 5.91 Å². The highest BCUT2D eigenvalue weighted by molar-refractivity contribution is 6.45. The third kappa shape index (κ3) is 5.30. The fraction of sp³-hybridized carbons (Fsp3) is 0.370. The van der Waals surface area contributed by atoms with Gasteiger partial charge in [-0.3, -0.25) is 14.4 Å². The summed E-state index contributed by atoms with van der Waals surface area (Å²) in [5.41, 5.74) is 2.05. The van der Waals surface area contributed by atoms with Crippen molar-refractivity contribution in [1.82, 2.24) is 14.8 Å². The molecule has 1 saturated heterocycles. The second kappa shape index (κ2) is 11.0. The van der Waals surface area contributed by atoms with Crippen LogP contribution in [0.15, 0.2) is 54.7 Å². The third-order valence-corrected chi connectivity index (χ3v) is 6.38. The summed E-state index contributed by atoms with van der Waals surface area (Å²) in [5.74, 6) is -0.461. The molecule has 2 amide bonds. The first-order valence-electron chi connectivity index (χ1n) is 11.9. The lowest BCUT2D eigenvalue weighted by atomic mass is 10.1. The van der Waals surface area contributed by atoms with Gasteiger partial charge in [-0.2, -0.15) is 0 Å². The zero-order chi connectivity index (χ0) is 23.9. The van der Waals surface area contributed by atoms with Crippen LogP contribution in [0.4, 0.5) is 0 Å². The second-order valence-electron chi connectivity index (χ2n) is 8.63. The van der Waals surface area contributed by atoms with Crippen molar-refractivity contribution in [2.45, 2.75) is 38.6 Å². The van der Waals surface area contributed by atoms with Crippen LogP contribution >= 0.6 is 0 Å². The Kier molecular flexibility index (Phi) is 7.62. The van der Waals surface area contributed by atoms with Gasteiger partial charge in [-0.1, -0.05) is 49.2 Å². The van der Waals surface area contributed by atoms with E-state index < -0.39 is 11.7 Å². The lowest BCUT2D eigenvalue weighted by molar-refractivity contribution is -0.131. The number of rotatable bonds is 8. The molecule has 178 valence electrons. The first-order chi connectivity index (χ1) is 16.6. The summed E-state index contributed by atoms with van der Waals surface area (Å²) in [6.07, 6.45) is 6.55. The maximum absolute atomic E-state index is 13.0. The molecule has 2 aromatic carbocycles. The van der Waals surface area contributed by atoms with Crippen LogP contribution in [0.1, 0.15) is 41.6 Å². The first-order valence-corrected chi connectivity index (χ1v) is 11.9. The van der Waals surface area contributed by atoms with Gasteiger partial charge in [0.1, 0.15) is 12.3 Å². The number of hydrogen-bond donors (Lipinski definition) is 1. The summed E-state index contributed by atoms with van der Waals surface area (Å²) < 4.78 is 7.13. The van der Waals surface area contributed by atoms with Crippen LogP contribution in [0.2, 0.25) is 0 Å². The van der Waals surface area contributed by atoms with Gasteiger partial charge in [-0.05, 0) is 37.0 Å². The number of carbonyl (C=O) groups is 3. The number of aromatic nitrogens is 1. The predicted octanol–water partition coefficient (Wildman–Crippen LogP) is 3.59. The number of fused-ring (bicyclic) bond motifs is 1. The number of hydrogen-bond acceptors (Lipinski definition) is 4. The number of nitrogens with zero attached hydrogens (tertiary/aromatic N) is 2. The van der Waals surface area contributed by atoms with Crippen LogP contribution in [-0.2, 0) is 22.6 Å². The van der Waals surface area contributed by atoms with E-state index >= 15 is 0 Å². The van der Waals surface area contributed by atoms with Crippen molar-refractivity contribution in [1.29, 1.82) is 0 Å². The van der Waals surface area contributed by atoms with E-state index in [4.69, 9.17) is 4.74 Å². The zero-order valence-electron chi connectivity index (χ0n) is 19.6. The van der Waals surface area contributed by atoms with Gasteiger partial charge in [-0.25, -0.2) is 0 Å². The monoisotopic (exact) mass is 461 g/mol. The molecule has 1 aliphatic rings. The fourth-order valence-corrected chi connectivity index (χ4v) is 4.55. The summed E-state index contributed by atoms with van der Waals surface area (Å²) in [4.78, 5) is 40.5. The summed E-state index contributed by atoms with van der Waals surface area (Å²) >= 11 is 0. The summed E-state index contributed by atoms with van der Waals surface area (Å²) in [6.45, 7) is 2.02.